The third kappa shape index (κ3) is 27.4. The summed E-state index contributed by atoms with van der Waals surface area (Å²) < 4.78 is 5.91. The molecular formula is C31H60O4. The zero-order valence-corrected chi connectivity index (χ0v) is 23.6. The summed E-state index contributed by atoms with van der Waals surface area (Å²) in [6.07, 6.45) is 29.7. The Bertz CT molecular complexity index is 463. The van der Waals surface area contributed by atoms with Crippen molar-refractivity contribution in [2.24, 2.45) is 0 Å². The van der Waals surface area contributed by atoms with Gasteiger partial charge in [-0.3, -0.25) is 9.59 Å². The summed E-state index contributed by atoms with van der Waals surface area (Å²) in [5.41, 5.74) is 0. The van der Waals surface area contributed by atoms with Gasteiger partial charge in [0.1, 0.15) is 6.10 Å². The minimum atomic E-state index is -0.700. The topological polar surface area (TPSA) is 63.6 Å². The fraction of sp³-hybridized carbons (Fsp3) is 0.935. The highest BCUT2D eigenvalue weighted by Crippen LogP contribution is 2.18. The molecule has 0 fully saturated rings. The molecule has 0 aliphatic heterocycles. The van der Waals surface area contributed by atoms with Crippen molar-refractivity contribution < 1.29 is 19.4 Å². The van der Waals surface area contributed by atoms with E-state index in [1.54, 1.807) is 0 Å². The van der Waals surface area contributed by atoms with Gasteiger partial charge in [-0.15, -0.1) is 0 Å². The summed E-state index contributed by atoms with van der Waals surface area (Å²) in [5.74, 6) is -0.702. The molecule has 0 bridgehead atoms. The Morgan fingerprint density at radius 1 is 0.514 bits per heavy atom. The number of ether oxygens (including phenoxy) is 1. The Balaban J connectivity index is 3.96. The van der Waals surface area contributed by atoms with Gasteiger partial charge in [-0.05, 0) is 38.5 Å². The third-order valence-electron chi connectivity index (χ3n) is 7.08. The molecule has 0 aliphatic carbocycles. The van der Waals surface area contributed by atoms with Crippen LogP contribution in [-0.2, 0) is 14.3 Å². The molecule has 4 nitrogen and oxygen atoms in total. The van der Waals surface area contributed by atoms with E-state index in [4.69, 9.17) is 9.84 Å². The van der Waals surface area contributed by atoms with Gasteiger partial charge in [-0.1, -0.05) is 129 Å². The largest absolute Gasteiger partial charge is 0.481 e. The Morgan fingerprint density at radius 3 is 1.26 bits per heavy atom. The van der Waals surface area contributed by atoms with Crippen LogP contribution in [0.25, 0.3) is 0 Å². The molecular weight excluding hydrogens is 436 g/mol. The molecule has 0 saturated heterocycles. The fourth-order valence-electron chi connectivity index (χ4n) is 4.77. The highest BCUT2D eigenvalue weighted by Gasteiger charge is 2.14. The van der Waals surface area contributed by atoms with Gasteiger partial charge in [0.15, 0.2) is 0 Å². The van der Waals surface area contributed by atoms with E-state index >= 15 is 0 Å². The van der Waals surface area contributed by atoms with Crippen LogP contribution >= 0.6 is 0 Å². The first-order valence-electron chi connectivity index (χ1n) is 15.5. The standard InChI is InChI=1S/C31H60O4/c1-3-5-7-9-11-12-13-14-15-20-24-28-31(34)35-29(25-21-17-10-8-6-4-2)26-22-18-16-19-23-27-30(32)33/h29H,3-28H2,1-2H3,(H,32,33). The van der Waals surface area contributed by atoms with E-state index in [2.05, 4.69) is 13.8 Å². The predicted octanol–water partition coefficient (Wildman–Crippen LogP) is 10.2. The first-order chi connectivity index (χ1) is 17.1. The van der Waals surface area contributed by atoms with Crippen LogP contribution < -0.4 is 0 Å². The number of unbranched alkanes of at least 4 members (excludes halogenated alkanes) is 19. The van der Waals surface area contributed by atoms with E-state index in [1.807, 2.05) is 0 Å². The Kier molecular flexibility index (Phi) is 26.7. The molecule has 4 heteroatoms. The second-order valence-corrected chi connectivity index (χ2v) is 10.7. The molecule has 1 N–H and O–H groups in total. The van der Waals surface area contributed by atoms with Gasteiger partial charge < -0.3 is 9.84 Å². The second kappa shape index (κ2) is 27.5. The number of hydrogen-bond acceptors (Lipinski definition) is 3. The maximum Gasteiger partial charge on any atom is 0.306 e. The average molecular weight is 497 g/mol. The number of carboxylic acid groups (broad SMARTS) is 1. The van der Waals surface area contributed by atoms with E-state index in [-0.39, 0.29) is 18.5 Å². The van der Waals surface area contributed by atoms with Crippen molar-refractivity contribution in [1.29, 1.82) is 0 Å². The van der Waals surface area contributed by atoms with Gasteiger partial charge in [0.25, 0.3) is 0 Å². The number of aliphatic carboxylic acids is 1. The number of hydrogen-bond donors (Lipinski definition) is 1. The zero-order chi connectivity index (χ0) is 25.8. The van der Waals surface area contributed by atoms with Crippen LogP contribution in [0, 0.1) is 0 Å². The molecule has 0 radical (unpaired) electrons. The Hall–Kier alpha value is -1.06. The second-order valence-electron chi connectivity index (χ2n) is 10.7. The number of carbonyl (C=O) groups excluding carboxylic acids is 1. The van der Waals surface area contributed by atoms with Crippen molar-refractivity contribution in [3.05, 3.63) is 0 Å². The SMILES string of the molecule is CCCCCCCCCCCCCC(=O)OC(CCCCCCCC)CCCCCCCC(=O)O. The van der Waals surface area contributed by atoms with Gasteiger partial charge >= 0.3 is 11.9 Å². The van der Waals surface area contributed by atoms with Gasteiger partial charge in [0.05, 0.1) is 0 Å². The smallest absolute Gasteiger partial charge is 0.306 e. The molecule has 0 rings (SSSR count). The lowest BCUT2D eigenvalue weighted by atomic mass is 10.0. The lowest BCUT2D eigenvalue weighted by Gasteiger charge is -2.18. The number of esters is 1. The van der Waals surface area contributed by atoms with Crippen LogP contribution in [0.4, 0.5) is 0 Å². The molecule has 1 unspecified atom stereocenters. The number of carbonyl (C=O) groups is 2. The normalized spacial score (nSPS) is 12.1. The van der Waals surface area contributed by atoms with Crippen LogP contribution in [-0.4, -0.2) is 23.1 Å². The molecule has 0 saturated carbocycles. The predicted molar refractivity (Wildman–Crippen MR) is 149 cm³/mol. The van der Waals surface area contributed by atoms with E-state index in [1.165, 1.54) is 89.9 Å². The lowest BCUT2D eigenvalue weighted by Crippen LogP contribution is -2.18. The van der Waals surface area contributed by atoms with Crippen LogP contribution in [0.1, 0.15) is 181 Å². The zero-order valence-electron chi connectivity index (χ0n) is 23.6. The highest BCUT2D eigenvalue weighted by molar-refractivity contribution is 5.69. The minimum Gasteiger partial charge on any atom is -0.481 e. The van der Waals surface area contributed by atoms with Gasteiger partial charge in [-0.25, -0.2) is 0 Å². The van der Waals surface area contributed by atoms with Crippen molar-refractivity contribution in [3.63, 3.8) is 0 Å². The van der Waals surface area contributed by atoms with Crippen LogP contribution in [0.15, 0.2) is 0 Å². The van der Waals surface area contributed by atoms with Crippen LogP contribution in [0.5, 0.6) is 0 Å². The van der Waals surface area contributed by atoms with Crippen molar-refractivity contribution in [2.45, 2.75) is 187 Å². The van der Waals surface area contributed by atoms with Crippen molar-refractivity contribution in [2.75, 3.05) is 0 Å². The molecule has 0 aromatic carbocycles. The van der Waals surface area contributed by atoms with E-state index in [0.717, 1.165) is 64.2 Å². The van der Waals surface area contributed by atoms with Crippen LogP contribution in [0.3, 0.4) is 0 Å². The molecule has 0 heterocycles. The molecule has 0 amide bonds. The maximum absolute atomic E-state index is 12.4. The van der Waals surface area contributed by atoms with Gasteiger partial charge in [0.2, 0.25) is 0 Å². The first kappa shape index (κ1) is 33.9. The third-order valence-corrected chi connectivity index (χ3v) is 7.08. The van der Waals surface area contributed by atoms with Crippen molar-refractivity contribution in [3.8, 4) is 0 Å². The first-order valence-corrected chi connectivity index (χ1v) is 15.5. The van der Waals surface area contributed by atoms with E-state index < -0.39 is 5.97 Å². The lowest BCUT2D eigenvalue weighted by molar-refractivity contribution is -0.150. The van der Waals surface area contributed by atoms with Crippen molar-refractivity contribution in [1.82, 2.24) is 0 Å². The molecule has 208 valence electrons. The molecule has 0 spiro atoms. The fourth-order valence-corrected chi connectivity index (χ4v) is 4.77. The van der Waals surface area contributed by atoms with Gasteiger partial charge in [0, 0.05) is 12.8 Å². The summed E-state index contributed by atoms with van der Waals surface area (Å²) >= 11 is 0. The monoisotopic (exact) mass is 496 g/mol. The number of rotatable bonds is 28. The highest BCUT2D eigenvalue weighted by atomic mass is 16.5. The van der Waals surface area contributed by atoms with E-state index in [0.29, 0.717) is 6.42 Å². The quantitative estimate of drug-likeness (QED) is 0.0864. The summed E-state index contributed by atoms with van der Waals surface area (Å²) in [5, 5.41) is 8.73. The average Bonchev–Trinajstić information content (AvgIpc) is 2.83. The molecule has 0 aromatic rings. The molecule has 0 aliphatic rings. The van der Waals surface area contributed by atoms with E-state index in [9.17, 15) is 9.59 Å². The minimum absolute atomic E-state index is 0.00151. The molecule has 35 heavy (non-hydrogen) atoms. The Morgan fingerprint density at radius 2 is 0.857 bits per heavy atom. The number of carboxylic acids is 1. The summed E-state index contributed by atoms with van der Waals surface area (Å²) in [7, 11) is 0. The summed E-state index contributed by atoms with van der Waals surface area (Å²) in [4.78, 5) is 23.1. The van der Waals surface area contributed by atoms with Gasteiger partial charge in [-0.2, -0.15) is 0 Å². The van der Waals surface area contributed by atoms with Crippen molar-refractivity contribution >= 4 is 11.9 Å². The molecule has 1 atom stereocenters. The molecule has 0 aromatic heterocycles. The summed E-state index contributed by atoms with van der Waals surface area (Å²) in [6, 6.07) is 0. The maximum atomic E-state index is 12.4. The Labute approximate surface area is 218 Å². The van der Waals surface area contributed by atoms with Crippen LogP contribution in [0.2, 0.25) is 0 Å². The summed E-state index contributed by atoms with van der Waals surface area (Å²) in [6.45, 7) is 4.51.